The first-order valence-corrected chi connectivity index (χ1v) is 13.6. The van der Waals surface area contributed by atoms with E-state index in [0.29, 0.717) is 39.8 Å². The minimum atomic E-state index is -2.27. The van der Waals surface area contributed by atoms with E-state index in [1.165, 1.54) is 31.3 Å². The maximum Gasteiger partial charge on any atom is 0.439 e. The van der Waals surface area contributed by atoms with Gasteiger partial charge in [-0.1, -0.05) is 54.7 Å². The average Bonchev–Trinajstić information content (AvgIpc) is 3.53. The number of pyridine rings is 2. The Balaban J connectivity index is 1.64. The quantitative estimate of drug-likeness (QED) is 0.246. The van der Waals surface area contributed by atoms with Gasteiger partial charge in [0.05, 0.1) is 21.7 Å². The number of nitrogens with zero attached hydrogens (tertiary/aromatic N) is 5. The Kier molecular flexibility index (Phi) is 6.74. The molecule has 0 saturated heterocycles. The summed E-state index contributed by atoms with van der Waals surface area (Å²) < 4.78 is 38.4. The molecule has 1 fully saturated rings. The monoisotopic (exact) mass is 564 g/mol. The molecular weight excluding hydrogens is 538 g/mol. The normalized spacial score (nSPS) is 19.1. The van der Waals surface area contributed by atoms with Gasteiger partial charge in [-0.05, 0) is 49.8 Å². The van der Waals surface area contributed by atoms with Gasteiger partial charge in [-0.25, -0.2) is 23.5 Å². The summed E-state index contributed by atoms with van der Waals surface area (Å²) in [6.07, 6.45) is 7.25. The number of hydrogen-bond donors (Lipinski definition) is 1. The predicted molar refractivity (Wildman–Crippen MR) is 147 cm³/mol. The molecule has 8 nitrogen and oxygen atoms in total. The zero-order chi connectivity index (χ0) is 28.0. The molecule has 1 N–H and O–H groups in total. The van der Waals surface area contributed by atoms with Crippen LogP contribution in [0.25, 0.3) is 33.8 Å². The number of nitrogens with one attached hydrogen (secondary N) is 1. The fraction of sp³-hybridized carbons (Fsp3) is 0.345. The second-order valence-corrected chi connectivity index (χ2v) is 11.2. The summed E-state index contributed by atoms with van der Waals surface area (Å²) in [5.74, 6) is -0.317. The van der Waals surface area contributed by atoms with Gasteiger partial charge in [0.15, 0.2) is 11.5 Å². The zero-order valence-electron chi connectivity index (χ0n) is 22.0. The largest absolute Gasteiger partial charge is 0.439 e. The summed E-state index contributed by atoms with van der Waals surface area (Å²) in [4.78, 5) is 28.0. The Morgan fingerprint density at radius 1 is 1.15 bits per heavy atom. The summed E-state index contributed by atoms with van der Waals surface area (Å²) in [6, 6.07) is 9.14. The molecule has 1 atom stereocenters. The van der Waals surface area contributed by atoms with E-state index in [2.05, 4.69) is 22.0 Å². The summed E-state index contributed by atoms with van der Waals surface area (Å²) in [5, 5.41) is 4.17. The van der Waals surface area contributed by atoms with Crippen LogP contribution in [0.4, 0.5) is 8.78 Å². The van der Waals surface area contributed by atoms with Crippen LogP contribution < -0.4 is 5.76 Å². The molecule has 0 aliphatic heterocycles. The summed E-state index contributed by atoms with van der Waals surface area (Å²) in [7, 11) is 0. The Morgan fingerprint density at radius 3 is 2.62 bits per heavy atom. The topological polar surface area (TPSA) is 102 Å². The lowest BCUT2D eigenvalue weighted by Gasteiger charge is -2.29. The smallest absolute Gasteiger partial charge is 0.323 e. The first-order chi connectivity index (χ1) is 19.2. The highest BCUT2D eigenvalue weighted by Crippen LogP contribution is 2.41. The third-order valence-electron chi connectivity index (χ3n) is 7.76. The first kappa shape index (κ1) is 26.3. The molecule has 1 aliphatic carbocycles. The van der Waals surface area contributed by atoms with E-state index in [1.807, 2.05) is 4.57 Å². The van der Waals surface area contributed by atoms with Crippen LogP contribution in [0, 0.1) is 17.7 Å². The van der Waals surface area contributed by atoms with E-state index in [9.17, 15) is 9.18 Å². The minimum Gasteiger partial charge on any atom is -0.323 e. The van der Waals surface area contributed by atoms with Gasteiger partial charge in [0.25, 0.3) is 0 Å². The van der Waals surface area contributed by atoms with Crippen LogP contribution in [0.15, 0.2) is 58.1 Å². The molecule has 1 aliphatic rings. The molecule has 0 radical (unpaired) electrons. The number of fused-ring (bicyclic) bond motifs is 1. The molecule has 5 aromatic rings. The number of halogens is 3. The maximum absolute atomic E-state index is 16.9. The lowest BCUT2D eigenvalue weighted by molar-refractivity contribution is 0.209. The van der Waals surface area contributed by atoms with Gasteiger partial charge in [0.2, 0.25) is 5.82 Å². The summed E-state index contributed by atoms with van der Waals surface area (Å²) >= 11 is 6.30. The Bertz CT molecular complexity index is 1750. The number of hydrogen-bond acceptors (Lipinski definition) is 6. The van der Waals surface area contributed by atoms with Crippen LogP contribution >= 0.6 is 11.6 Å². The van der Waals surface area contributed by atoms with Crippen LogP contribution in [0.2, 0.25) is 5.02 Å². The van der Waals surface area contributed by atoms with Crippen LogP contribution in [0.1, 0.15) is 50.9 Å². The molecule has 0 unspecified atom stereocenters. The number of alkyl halides is 1. The molecule has 0 amide bonds. The third-order valence-corrected chi connectivity index (χ3v) is 7.97. The lowest BCUT2D eigenvalue weighted by atomic mass is 9.83. The maximum atomic E-state index is 16.9. The van der Waals surface area contributed by atoms with Gasteiger partial charge in [0.1, 0.15) is 11.5 Å². The van der Waals surface area contributed by atoms with Crippen molar-refractivity contribution in [2.45, 2.75) is 51.7 Å². The van der Waals surface area contributed by atoms with Gasteiger partial charge in [-0.2, -0.15) is 0 Å². The van der Waals surface area contributed by atoms with E-state index < -0.39 is 17.2 Å². The van der Waals surface area contributed by atoms with Crippen molar-refractivity contribution in [2.24, 2.45) is 11.8 Å². The van der Waals surface area contributed by atoms with Gasteiger partial charge in [-0.15, -0.1) is 0 Å². The highest BCUT2D eigenvalue weighted by atomic mass is 35.5. The second kappa shape index (κ2) is 10.2. The molecule has 1 aromatic carbocycles. The third kappa shape index (κ3) is 4.81. The van der Waals surface area contributed by atoms with Crippen molar-refractivity contribution in [2.75, 3.05) is 0 Å². The van der Waals surface area contributed by atoms with Crippen LogP contribution in [0.5, 0.6) is 0 Å². The Labute approximate surface area is 233 Å². The molecule has 1 saturated carbocycles. The van der Waals surface area contributed by atoms with Crippen molar-refractivity contribution in [1.29, 1.82) is 0 Å². The Hall–Kier alpha value is -3.92. The number of H-pyrrole nitrogens is 1. The molecule has 6 rings (SSSR count). The van der Waals surface area contributed by atoms with E-state index in [1.54, 1.807) is 24.4 Å². The highest BCUT2D eigenvalue weighted by Gasteiger charge is 2.38. The number of aromatic amines is 1. The van der Waals surface area contributed by atoms with Crippen molar-refractivity contribution < 1.29 is 13.3 Å². The van der Waals surface area contributed by atoms with Gasteiger partial charge >= 0.3 is 5.76 Å². The van der Waals surface area contributed by atoms with Gasteiger partial charge in [-0.3, -0.25) is 14.5 Å². The van der Waals surface area contributed by atoms with Gasteiger partial charge in [0, 0.05) is 30.1 Å². The number of aromatic nitrogens is 6. The second-order valence-electron chi connectivity index (χ2n) is 10.7. The van der Waals surface area contributed by atoms with Crippen molar-refractivity contribution in [1.82, 2.24) is 29.7 Å². The molecule has 4 aromatic heterocycles. The molecule has 206 valence electrons. The molecule has 0 bridgehead atoms. The highest BCUT2D eigenvalue weighted by molar-refractivity contribution is 6.30. The standard InChI is InChI=1S/C29H27ClF2N6O2/c1-16-7-9-17(10-8-16)15-38-25-22(35-27(38)29(2,32)20-5-3-4-6-21(20)31)12-23(26-36-28(39)40-37-26)34-24(25)18-11-19(30)14-33-13-18/h3-6,11-14,16-17H,7-10,15H2,1-2H3,(H,36,37,39)/t16-,17-,29-/m0/s1. The van der Waals surface area contributed by atoms with Gasteiger partial charge < -0.3 is 4.57 Å². The van der Waals surface area contributed by atoms with E-state index in [0.717, 1.165) is 25.7 Å². The fourth-order valence-corrected chi connectivity index (χ4v) is 5.80. The summed E-state index contributed by atoms with van der Waals surface area (Å²) in [5.41, 5.74) is -0.138. The molecule has 11 heteroatoms. The minimum absolute atomic E-state index is 0.0649. The molecule has 0 spiro atoms. The van der Waals surface area contributed by atoms with E-state index >= 15 is 4.39 Å². The van der Waals surface area contributed by atoms with Crippen LogP contribution in [-0.4, -0.2) is 29.7 Å². The Morgan fingerprint density at radius 2 is 1.93 bits per heavy atom. The van der Waals surface area contributed by atoms with E-state index in [-0.39, 0.29) is 28.8 Å². The first-order valence-electron chi connectivity index (χ1n) is 13.2. The van der Waals surface area contributed by atoms with Crippen LogP contribution in [-0.2, 0) is 12.2 Å². The SMILES string of the molecule is C[C@](F)(c1ccccc1F)c1nc2cc(-c3noc(=O)[nH]3)nc(-c3cncc(Cl)c3)c2n1C[C@H]1CC[C@H](C)CC1. The zero-order valence-corrected chi connectivity index (χ0v) is 22.8. The number of rotatable bonds is 6. The average molecular weight is 565 g/mol. The van der Waals surface area contributed by atoms with Crippen molar-refractivity contribution in [3.8, 4) is 22.8 Å². The molecular formula is C29H27ClF2N6O2. The van der Waals surface area contributed by atoms with E-state index in [4.69, 9.17) is 26.1 Å². The lowest BCUT2D eigenvalue weighted by Crippen LogP contribution is -2.27. The van der Waals surface area contributed by atoms with Crippen molar-refractivity contribution in [3.05, 3.63) is 81.6 Å². The van der Waals surface area contributed by atoms with Crippen molar-refractivity contribution in [3.63, 3.8) is 0 Å². The van der Waals surface area contributed by atoms with Crippen molar-refractivity contribution >= 4 is 22.6 Å². The molecule has 40 heavy (non-hydrogen) atoms. The van der Waals surface area contributed by atoms with Crippen LogP contribution in [0.3, 0.4) is 0 Å². The number of benzene rings is 1. The summed E-state index contributed by atoms with van der Waals surface area (Å²) in [6.45, 7) is 4.06. The number of imidazole rings is 1. The predicted octanol–water partition coefficient (Wildman–Crippen LogP) is 6.69. The molecule has 4 heterocycles. The fourth-order valence-electron chi connectivity index (χ4n) is 5.63.